The number of anilines is 1. The van der Waals surface area contributed by atoms with Crippen LogP contribution in [0.3, 0.4) is 0 Å². The van der Waals surface area contributed by atoms with Crippen molar-refractivity contribution in [1.29, 1.82) is 0 Å². The molecule has 0 saturated carbocycles. The van der Waals surface area contributed by atoms with Crippen molar-refractivity contribution in [3.8, 4) is 5.75 Å². The Morgan fingerprint density at radius 1 is 1.00 bits per heavy atom. The largest absolute Gasteiger partial charge is 0.496 e. The normalized spacial score (nSPS) is 10.2. The average Bonchev–Trinajstić information content (AvgIpc) is 2.55. The van der Waals surface area contributed by atoms with Crippen LogP contribution in [0.2, 0.25) is 0 Å². The van der Waals surface area contributed by atoms with Gasteiger partial charge in [0.25, 0.3) is 5.91 Å². The fraction of sp³-hybridized carbons (Fsp3) is 0.263. The van der Waals surface area contributed by atoms with E-state index >= 15 is 0 Å². The number of rotatable bonds is 5. The summed E-state index contributed by atoms with van der Waals surface area (Å²) >= 11 is 0. The zero-order chi connectivity index (χ0) is 17.7. The Kier molecular flexibility index (Phi) is 5.58. The second-order valence-electron chi connectivity index (χ2n) is 5.63. The lowest BCUT2D eigenvalue weighted by Gasteiger charge is -2.10. The highest BCUT2D eigenvalue weighted by Gasteiger charge is 2.13. The predicted molar refractivity (Wildman–Crippen MR) is 92.6 cm³/mol. The number of carbonyl (C=O) groups excluding carboxylic acids is 2. The van der Waals surface area contributed by atoms with Crippen molar-refractivity contribution < 1.29 is 19.1 Å². The molecule has 0 aromatic heterocycles. The smallest absolute Gasteiger partial charge is 0.338 e. The molecule has 2 rings (SSSR count). The van der Waals surface area contributed by atoms with Crippen LogP contribution in [-0.4, -0.2) is 25.6 Å². The van der Waals surface area contributed by atoms with Crippen molar-refractivity contribution in [2.75, 3.05) is 19.0 Å². The number of hydrogen-bond donors (Lipinski definition) is 1. The topological polar surface area (TPSA) is 64.6 Å². The van der Waals surface area contributed by atoms with Crippen molar-refractivity contribution in [2.24, 2.45) is 0 Å². The molecule has 0 aliphatic heterocycles. The molecule has 0 fully saturated rings. The van der Waals surface area contributed by atoms with E-state index < -0.39 is 5.97 Å². The minimum Gasteiger partial charge on any atom is -0.496 e. The van der Waals surface area contributed by atoms with Gasteiger partial charge in [-0.25, -0.2) is 4.79 Å². The molecule has 1 N–H and O–H groups in total. The zero-order valence-electron chi connectivity index (χ0n) is 14.3. The maximum Gasteiger partial charge on any atom is 0.338 e. The first kappa shape index (κ1) is 17.5. The summed E-state index contributed by atoms with van der Waals surface area (Å²) in [5, 5.41) is 2.74. The fourth-order valence-electron chi connectivity index (χ4n) is 2.30. The summed E-state index contributed by atoms with van der Waals surface area (Å²) in [5.41, 5.74) is 4.04. The standard InChI is InChI=1S/C19H21NO4/c1-12-5-8-16(14(3)9-12)20-18(21)11-24-19(22)15-7-6-13(2)17(10-15)23-4/h5-10H,11H2,1-4H3,(H,20,21). The third-order valence-electron chi connectivity index (χ3n) is 3.63. The van der Waals surface area contributed by atoms with Crippen LogP contribution >= 0.6 is 0 Å². The predicted octanol–water partition coefficient (Wildman–Crippen LogP) is 3.42. The van der Waals surface area contributed by atoms with Crippen molar-refractivity contribution in [2.45, 2.75) is 20.8 Å². The number of amides is 1. The Labute approximate surface area is 141 Å². The van der Waals surface area contributed by atoms with Crippen molar-refractivity contribution in [3.63, 3.8) is 0 Å². The van der Waals surface area contributed by atoms with E-state index in [-0.39, 0.29) is 12.5 Å². The van der Waals surface area contributed by atoms with Gasteiger partial charge in [0.05, 0.1) is 12.7 Å². The van der Waals surface area contributed by atoms with E-state index in [2.05, 4.69) is 5.32 Å². The van der Waals surface area contributed by atoms with Gasteiger partial charge in [0.15, 0.2) is 6.61 Å². The Morgan fingerprint density at radius 2 is 1.75 bits per heavy atom. The number of benzene rings is 2. The van der Waals surface area contributed by atoms with Gasteiger partial charge in [-0.15, -0.1) is 0 Å². The van der Waals surface area contributed by atoms with Crippen LogP contribution in [0.1, 0.15) is 27.0 Å². The van der Waals surface area contributed by atoms with Gasteiger partial charge in [0.1, 0.15) is 5.75 Å². The molecule has 0 spiro atoms. The summed E-state index contributed by atoms with van der Waals surface area (Å²) in [7, 11) is 1.54. The molecule has 0 aliphatic rings. The van der Waals surface area contributed by atoms with Crippen LogP contribution in [0.5, 0.6) is 5.75 Å². The number of ether oxygens (including phenoxy) is 2. The molecule has 2 aromatic carbocycles. The van der Waals surface area contributed by atoms with Crippen molar-refractivity contribution >= 4 is 17.6 Å². The van der Waals surface area contributed by atoms with Crippen molar-refractivity contribution in [1.82, 2.24) is 0 Å². The maximum absolute atomic E-state index is 12.0. The van der Waals surface area contributed by atoms with Crippen LogP contribution in [-0.2, 0) is 9.53 Å². The number of nitrogens with one attached hydrogen (secondary N) is 1. The second-order valence-corrected chi connectivity index (χ2v) is 5.63. The third-order valence-corrected chi connectivity index (χ3v) is 3.63. The summed E-state index contributed by atoms with van der Waals surface area (Å²) in [6.07, 6.45) is 0. The minimum atomic E-state index is -0.566. The first-order valence-corrected chi connectivity index (χ1v) is 7.59. The molecule has 0 saturated heterocycles. The first-order valence-electron chi connectivity index (χ1n) is 7.59. The fourth-order valence-corrected chi connectivity index (χ4v) is 2.30. The van der Waals surface area contributed by atoms with Crippen LogP contribution < -0.4 is 10.1 Å². The molecule has 0 radical (unpaired) electrons. The van der Waals surface area contributed by atoms with Crippen LogP contribution in [0.15, 0.2) is 36.4 Å². The summed E-state index contributed by atoms with van der Waals surface area (Å²) in [5.74, 6) is -0.345. The third kappa shape index (κ3) is 4.35. The molecule has 2 aromatic rings. The van der Waals surface area contributed by atoms with E-state index in [9.17, 15) is 9.59 Å². The van der Waals surface area contributed by atoms with Gasteiger partial charge in [-0.2, -0.15) is 0 Å². The van der Waals surface area contributed by atoms with Gasteiger partial charge in [0.2, 0.25) is 0 Å². The Balaban J connectivity index is 1.95. The lowest BCUT2D eigenvalue weighted by Crippen LogP contribution is -2.21. The van der Waals surface area contributed by atoms with Crippen LogP contribution in [0.25, 0.3) is 0 Å². The molecular formula is C19H21NO4. The van der Waals surface area contributed by atoms with E-state index in [0.29, 0.717) is 17.0 Å². The molecule has 5 heteroatoms. The number of hydrogen-bond acceptors (Lipinski definition) is 4. The molecule has 126 valence electrons. The number of aryl methyl sites for hydroxylation is 3. The Hall–Kier alpha value is -2.82. The molecule has 24 heavy (non-hydrogen) atoms. The number of esters is 1. The molecule has 5 nitrogen and oxygen atoms in total. The molecule has 0 aliphatic carbocycles. The molecule has 1 amide bonds. The van der Waals surface area contributed by atoms with E-state index in [1.54, 1.807) is 18.2 Å². The summed E-state index contributed by atoms with van der Waals surface area (Å²) in [6, 6.07) is 10.7. The molecule has 0 unspecified atom stereocenters. The highest BCUT2D eigenvalue weighted by atomic mass is 16.5. The highest BCUT2D eigenvalue weighted by molar-refractivity contribution is 5.96. The quantitative estimate of drug-likeness (QED) is 0.855. The van der Waals surface area contributed by atoms with E-state index in [0.717, 1.165) is 16.7 Å². The lowest BCUT2D eigenvalue weighted by atomic mass is 10.1. The molecule has 0 bridgehead atoms. The van der Waals surface area contributed by atoms with Crippen molar-refractivity contribution in [3.05, 3.63) is 58.7 Å². The zero-order valence-corrected chi connectivity index (χ0v) is 14.3. The maximum atomic E-state index is 12.0. The summed E-state index contributed by atoms with van der Waals surface area (Å²) < 4.78 is 10.2. The molecule has 0 atom stereocenters. The van der Waals surface area contributed by atoms with Gasteiger partial charge in [-0.1, -0.05) is 23.8 Å². The number of carbonyl (C=O) groups is 2. The monoisotopic (exact) mass is 327 g/mol. The minimum absolute atomic E-state index is 0.344. The number of methoxy groups -OCH3 is 1. The average molecular weight is 327 g/mol. The Morgan fingerprint density at radius 3 is 2.42 bits per heavy atom. The molecular weight excluding hydrogens is 306 g/mol. The Bertz CT molecular complexity index is 768. The molecule has 0 heterocycles. The van der Waals surface area contributed by atoms with Gasteiger partial charge in [0, 0.05) is 5.69 Å². The van der Waals surface area contributed by atoms with Crippen LogP contribution in [0.4, 0.5) is 5.69 Å². The first-order chi connectivity index (χ1) is 11.4. The second kappa shape index (κ2) is 7.64. The van der Waals surface area contributed by atoms with Gasteiger partial charge in [-0.05, 0) is 50.1 Å². The van der Waals surface area contributed by atoms with E-state index in [4.69, 9.17) is 9.47 Å². The van der Waals surface area contributed by atoms with Gasteiger partial charge < -0.3 is 14.8 Å². The van der Waals surface area contributed by atoms with Crippen LogP contribution in [0, 0.1) is 20.8 Å². The summed E-state index contributed by atoms with van der Waals surface area (Å²) in [6.45, 7) is 5.43. The summed E-state index contributed by atoms with van der Waals surface area (Å²) in [4.78, 5) is 24.0. The SMILES string of the molecule is COc1cc(C(=O)OCC(=O)Nc2ccc(C)cc2C)ccc1C. The van der Waals surface area contributed by atoms with Gasteiger partial charge >= 0.3 is 5.97 Å². The highest BCUT2D eigenvalue weighted by Crippen LogP contribution is 2.19. The van der Waals surface area contributed by atoms with Gasteiger partial charge in [-0.3, -0.25) is 4.79 Å². The van der Waals surface area contributed by atoms with E-state index in [1.807, 2.05) is 39.0 Å². The lowest BCUT2D eigenvalue weighted by molar-refractivity contribution is -0.119. The van der Waals surface area contributed by atoms with E-state index in [1.165, 1.54) is 7.11 Å².